The van der Waals surface area contributed by atoms with Crippen molar-refractivity contribution in [3.05, 3.63) is 0 Å². The Bertz CT molecular complexity index is 892. The van der Waals surface area contributed by atoms with Gasteiger partial charge in [0, 0.05) is 23.7 Å². The molecule has 10 heteroatoms. The third-order valence-electron chi connectivity index (χ3n) is 9.88. The van der Waals surface area contributed by atoms with Gasteiger partial charge in [0.05, 0.1) is 50.1 Å². The van der Waals surface area contributed by atoms with E-state index in [2.05, 4.69) is 0 Å². The standard InChI is InChI=1S/C28H36O10/c1-5-35-25(31)19-11-9-12(20(19)26(32)36-6-2)16-15(11)23(29)17-13-10-14(18(17)24(16)30)22(28(34)38-8-4)21(13)27(33)37-7-3/h11-22H,5-10H2,1-4H3. The zero-order valence-electron chi connectivity index (χ0n) is 22.3. The van der Waals surface area contributed by atoms with Gasteiger partial charge in [-0.15, -0.1) is 0 Å². The quantitative estimate of drug-likeness (QED) is 0.335. The molecule has 5 saturated carbocycles. The van der Waals surface area contributed by atoms with Crippen molar-refractivity contribution in [3.8, 4) is 0 Å². The summed E-state index contributed by atoms with van der Waals surface area (Å²) in [6, 6.07) is 0. The van der Waals surface area contributed by atoms with Crippen LogP contribution in [0.25, 0.3) is 0 Å². The molecule has 10 nitrogen and oxygen atoms in total. The second-order valence-electron chi connectivity index (χ2n) is 11.1. The molecule has 0 amide bonds. The van der Waals surface area contributed by atoms with Crippen LogP contribution in [0.1, 0.15) is 40.5 Å². The summed E-state index contributed by atoms with van der Waals surface area (Å²) in [5.74, 6) is -10.7. The van der Waals surface area contributed by atoms with Crippen LogP contribution < -0.4 is 0 Å². The molecule has 4 bridgehead atoms. The fourth-order valence-electron chi connectivity index (χ4n) is 9.06. The van der Waals surface area contributed by atoms with Crippen LogP contribution in [0, 0.1) is 71.0 Å². The fourth-order valence-corrected chi connectivity index (χ4v) is 9.06. The van der Waals surface area contributed by atoms with E-state index in [9.17, 15) is 28.8 Å². The highest BCUT2D eigenvalue weighted by Gasteiger charge is 2.75. The lowest BCUT2D eigenvalue weighted by atomic mass is 9.53. The lowest BCUT2D eigenvalue weighted by Crippen LogP contribution is -2.59. The van der Waals surface area contributed by atoms with Gasteiger partial charge in [0.1, 0.15) is 11.6 Å². The third kappa shape index (κ3) is 3.65. The number of ketones is 2. The molecule has 0 N–H and O–H groups in total. The molecular weight excluding hydrogens is 496 g/mol. The number of ether oxygens (including phenoxy) is 4. The van der Waals surface area contributed by atoms with E-state index in [1.807, 2.05) is 0 Å². The van der Waals surface area contributed by atoms with E-state index in [4.69, 9.17) is 18.9 Å². The topological polar surface area (TPSA) is 139 Å². The maximum atomic E-state index is 14.2. The molecule has 0 heterocycles. The Labute approximate surface area is 221 Å². The number of fused-ring (bicyclic) bond motifs is 10. The monoisotopic (exact) mass is 532 g/mol. The minimum Gasteiger partial charge on any atom is -0.466 e. The number of hydrogen-bond acceptors (Lipinski definition) is 10. The molecule has 0 aliphatic heterocycles. The molecule has 12 atom stereocenters. The van der Waals surface area contributed by atoms with Gasteiger partial charge in [-0.2, -0.15) is 0 Å². The van der Waals surface area contributed by atoms with Crippen LogP contribution in [-0.2, 0) is 47.7 Å². The van der Waals surface area contributed by atoms with Crippen LogP contribution in [0.15, 0.2) is 0 Å². The van der Waals surface area contributed by atoms with Gasteiger partial charge in [-0.25, -0.2) is 0 Å². The Balaban J connectivity index is 1.52. The Kier molecular flexibility index (Phi) is 7.11. The van der Waals surface area contributed by atoms with Crippen molar-refractivity contribution in [1.82, 2.24) is 0 Å². The first-order chi connectivity index (χ1) is 18.2. The molecule has 208 valence electrons. The minimum absolute atomic E-state index is 0.132. The first-order valence-corrected chi connectivity index (χ1v) is 14.0. The number of carbonyl (C=O) groups excluding carboxylic acids is 6. The smallest absolute Gasteiger partial charge is 0.310 e. The third-order valence-corrected chi connectivity index (χ3v) is 9.88. The van der Waals surface area contributed by atoms with E-state index in [-0.39, 0.29) is 38.0 Å². The molecule has 0 aromatic rings. The predicted molar refractivity (Wildman–Crippen MR) is 128 cm³/mol. The molecule has 0 spiro atoms. The maximum Gasteiger partial charge on any atom is 0.310 e. The number of carbonyl (C=O) groups is 6. The van der Waals surface area contributed by atoms with E-state index in [1.165, 1.54) is 0 Å². The van der Waals surface area contributed by atoms with Crippen LogP contribution >= 0.6 is 0 Å². The molecule has 0 aromatic heterocycles. The van der Waals surface area contributed by atoms with Crippen LogP contribution in [0.5, 0.6) is 0 Å². The van der Waals surface area contributed by atoms with Gasteiger partial charge in [-0.05, 0) is 64.2 Å². The zero-order valence-corrected chi connectivity index (χ0v) is 22.3. The molecule has 5 rings (SSSR count). The maximum absolute atomic E-state index is 14.2. The van der Waals surface area contributed by atoms with Crippen molar-refractivity contribution >= 4 is 35.4 Å². The van der Waals surface area contributed by atoms with Crippen molar-refractivity contribution in [2.24, 2.45) is 71.0 Å². The largest absolute Gasteiger partial charge is 0.466 e. The Hall–Kier alpha value is -2.78. The van der Waals surface area contributed by atoms with E-state index < -0.39 is 94.9 Å². The highest BCUT2D eigenvalue weighted by Crippen LogP contribution is 2.68. The summed E-state index contributed by atoms with van der Waals surface area (Å²) in [4.78, 5) is 80.5. The average molecular weight is 533 g/mol. The van der Waals surface area contributed by atoms with E-state index in [0.717, 1.165) is 0 Å². The molecule has 0 saturated heterocycles. The van der Waals surface area contributed by atoms with E-state index in [1.54, 1.807) is 27.7 Å². The van der Waals surface area contributed by atoms with Crippen molar-refractivity contribution in [3.63, 3.8) is 0 Å². The Morgan fingerprint density at radius 1 is 0.500 bits per heavy atom. The normalized spacial score (nSPS) is 41.9. The van der Waals surface area contributed by atoms with Gasteiger partial charge in [-0.3, -0.25) is 28.8 Å². The molecule has 38 heavy (non-hydrogen) atoms. The first kappa shape index (κ1) is 26.8. The van der Waals surface area contributed by atoms with Crippen molar-refractivity contribution in [1.29, 1.82) is 0 Å². The molecular formula is C28H36O10. The second-order valence-corrected chi connectivity index (χ2v) is 11.1. The number of hydrogen-bond donors (Lipinski definition) is 0. The van der Waals surface area contributed by atoms with Crippen molar-refractivity contribution < 1.29 is 47.7 Å². The fraction of sp³-hybridized carbons (Fsp3) is 0.786. The summed E-state index contributed by atoms with van der Waals surface area (Å²) < 4.78 is 21.2. The molecule has 5 aliphatic rings. The summed E-state index contributed by atoms with van der Waals surface area (Å²) in [6.07, 6.45) is 0.772. The molecule has 12 unspecified atom stereocenters. The Morgan fingerprint density at radius 2 is 0.711 bits per heavy atom. The average Bonchev–Trinajstić information content (AvgIpc) is 3.64. The zero-order chi connectivity index (χ0) is 27.5. The lowest BCUT2D eigenvalue weighted by molar-refractivity contribution is -0.176. The SMILES string of the molecule is CCOC(=O)C1C2CC(C1C(=O)OCC)C1C(=O)C3C4CC(C(C(=O)OCC)C4C(=O)OCC)C3C(=O)C21. The van der Waals surface area contributed by atoms with Crippen LogP contribution in [0.2, 0.25) is 0 Å². The molecule has 5 fully saturated rings. The van der Waals surface area contributed by atoms with Gasteiger partial charge in [0.2, 0.25) is 0 Å². The number of rotatable bonds is 8. The Morgan fingerprint density at radius 3 is 0.895 bits per heavy atom. The van der Waals surface area contributed by atoms with Crippen molar-refractivity contribution in [2.45, 2.75) is 40.5 Å². The lowest BCUT2D eigenvalue weighted by Gasteiger charge is -2.48. The number of esters is 4. The first-order valence-electron chi connectivity index (χ1n) is 14.0. The minimum atomic E-state index is -0.847. The molecule has 5 aliphatic carbocycles. The highest BCUT2D eigenvalue weighted by atomic mass is 16.5. The van der Waals surface area contributed by atoms with Gasteiger partial charge in [0.15, 0.2) is 0 Å². The van der Waals surface area contributed by atoms with E-state index >= 15 is 0 Å². The van der Waals surface area contributed by atoms with Gasteiger partial charge in [0.25, 0.3) is 0 Å². The number of Topliss-reactive ketones (excluding diaryl/α,β-unsaturated/α-hetero) is 2. The van der Waals surface area contributed by atoms with Gasteiger partial charge < -0.3 is 18.9 Å². The van der Waals surface area contributed by atoms with Crippen LogP contribution in [0.3, 0.4) is 0 Å². The molecule has 0 radical (unpaired) electrons. The summed E-state index contributed by atoms with van der Waals surface area (Å²) >= 11 is 0. The predicted octanol–water partition coefficient (Wildman–Crippen LogP) is 1.62. The molecule has 0 aromatic carbocycles. The van der Waals surface area contributed by atoms with Crippen molar-refractivity contribution in [2.75, 3.05) is 26.4 Å². The van der Waals surface area contributed by atoms with E-state index in [0.29, 0.717) is 12.8 Å². The van der Waals surface area contributed by atoms with Gasteiger partial charge in [-0.1, -0.05) is 0 Å². The summed E-state index contributed by atoms with van der Waals surface area (Å²) in [7, 11) is 0. The van der Waals surface area contributed by atoms with Gasteiger partial charge >= 0.3 is 23.9 Å². The second kappa shape index (κ2) is 10.1. The summed E-state index contributed by atoms with van der Waals surface area (Å²) in [5, 5.41) is 0. The van der Waals surface area contributed by atoms with Crippen LogP contribution in [-0.4, -0.2) is 61.9 Å². The van der Waals surface area contributed by atoms with Crippen LogP contribution in [0.4, 0.5) is 0 Å². The highest BCUT2D eigenvalue weighted by molar-refractivity contribution is 6.04. The summed E-state index contributed by atoms with van der Waals surface area (Å²) in [5.41, 5.74) is 0. The summed E-state index contributed by atoms with van der Waals surface area (Å²) in [6.45, 7) is 7.25.